The molecule has 1 N–H and O–H groups in total. The van der Waals surface area contributed by atoms with E-state index in [1.165, 1.54) is 19.1 Å². The lowest BCUT2D eigenvalue weighted by molar-refractivity contribution is -0.121. The van der Waals surface area contributed by atoms with E-state index in [2.05, 4.69) is 22.2 Å². The molecule has 0 aliphatic carbocycles. The van der Waals surface area contributed by atoms with Gasteiger partial charge in [0.05, 0.1) is 17.0 Å². The number of carbonyl (C=O) groups excluding carboxylic acids is 1. The topological polar surface area (TPSA) is 73.0 Å². The summed E-state index contributed by atoms with van der Waals surface area (Å²) in [7, 11) is -1.63. The average molecular weight is 451 g/mol. The van der Waals surface area contributed by atoms with E-state index in [9.17, 15) is 13.2 Å². The van der Waals surface area contributed by atoms with E-state index in [1.54, 1.807) is 6.07 Å². The second-order valence-electron chi connectivity index (χ2n) is 7.12. The van der Waals surface area contributed by atoms with Crippen LogP contribution >= 0.6 is 23.2 Å². The highest BCUT2D eigenvalue weighted by Gasteiger charge is 2.30. The summed E-state index contributed by atoms with van der Waals surface area (Å²) in [6.45, 7) is 7.06. The molecule has 0 spiro atoms. The molecule has 0 saturated carbocycles. The molecule has 1 saturated heterocycles. The number of piperazine rings is 1. The number of hydrogen-bond donors (Lipinski definition) is 1. The Morgan fingerprint density at radius 1 is 1.25 bits per heavy atom. The van der Waals surface area contributed by atoms with Crippen molar-refractivity contribution in [2.45, 2.75) is 19.4 Å². The third-order valence-electron chi connectivity index (χ3n) is 4.78. The molecule has 1 heterocycles. The quantitative estimate of drug-likeness (QED) is 0.612. The first kappa shape index (κ1) is 23.2. The van der Waals surface area contributed by atoms with Crippen LogP contribution in [-0.2, 0) is 14.8 Å². The molecule has 7 nitrogen and oxygen atoms in total. The normalized spacial score (nSPS) is 17.3. The van der Waals surface area contributed by atoms with Gasteiger partial charge in [-0.05, 0) is 45.1 Å². The second-order valence-corrected chi connectivity index (χ2v) is 9.82. The number of anilines is 1. The van der Waals surface area contributed by atoms with Gasteiger partial charge < -0.3 is 15.1 Å². The molecule has 1 aromatic carbocycles. The van der Waals surface area contributed by atoms with E-state index in [1.807, 2.05) is 0 Å². The molecule has 1 fully saturated rings. The Hall–Kier alpha value is -1.06. The summed E-state index contributed by atoms with van der Waals surface area (Å²) >= 11 is 12.2. The van der Waals surface area contributed by atoms with Crippen LogP contribution in [0.5, 0.6) is 0 Å². The van der Waals surface area contributed by atoms with Crippen LogP contribution in [0.4, 0.5) is 5.69 Å². The molecule has 10 heteroatoms. The molecule has 0 unspecified atom stereocenters. The van der Waals surface area contributed by atoms with Crippen molar-refractivity contribution in [3.63, 3.8) is 0 Å². The molecular weight excluding hydrogens is 423 g/mol. The summed E-state index contributed by atoms with van der Waals surface area (Å²) in [6.07, 6.45) is 1.85. The lowest BCUT2D eigenvalue weighted by Gasteiger charge is -2.32. The Labute approximate surface area is 177 Å². The number of halogens is 2. The van der Waals surface area contributed by atoms with Crippen molar-refractivity contribution in [1.29, 1.82) is 0 Å². The molecule has 1 atom stereocenters. The summed E-state index contributed by atoms with van der Waals surface area (Å²) in [4.78, 5) is 17.2. The SMILES string of the molecule is C[C@H](C(=O)NCCCN1CCN(C)CC1)N(c1cc(Cl)ccc1Cl)S(C)(=O)=O. The van der Waals surface area contributed by atoms with Gasteiger partial charge in [-0.3, -0.25) is 9.10 Å². The molecule has 2 rings (SSSR count). The van der Waals surface area contributed by atoms with Gasteiger partial charge in [-0.15, -0.1) is 0 Å². The Balaban J connectivity index is 1.95. The second kappa shape index (κ2) is 10.1. The molecule has 0 bridgehead atoms. The Morgan fingerprint density at radius 3 is 2.50 bits per heavy atom. The molecule has 28 heavy (non-hydrogen) atoms. The number of carbonyl (C=O) groups is 1. The predicted octanol–water partition coefficient (Wildman–Crippen LogP) is 1.90. The van der Waals surface area contributed by atoms with E-state index >= 15 is 0 Å². The fraction of sp³-hybridized carbons (Fsp3) is 0.611. The van der Waals surface area contributed by atoms with E-state index < -0.39 is 16.1 Å². The van der Waals surface area contributed by atoms with Gasteiger partial charge >= 0.3 is 0 Å². The number of nitrogens with zero attached hydrogens (tertiary/aromatic N) is 3. The summed E-state index contributed by atoms with van der Waals surface area (Å²) < 4.78 is 25.7. The first-order chi connectivity index (χ1) is 13.1. The smallest absolute Gasteiger partial charge is 0.243 e. The minimum atomic E-state index is -3.74. The summed E-state index contributed by atoms with van der Waals surface area (Å²) in [5.41, 5.74) is 0.191. The van der Waals surface area contributed by atoms with Crippen molar-refractivity contribution < 1.29 is 13.2 Å². The zero-order valence-corrected chi connectivity index (χ0v) is 18.8. The highest BCUT2D eigenvalue weighted by atomic mass is 35.5. The van der Waals surface area contributed by atoms with E-state index in [-0.39, 0.29) is 16.6 Å². The van der Waals surface area contributed by atoms with Crippen molar-refractivity contribution in [2.75, 3.05) is 56.9 Å². The lowest BCUT2D eigenvalue weighted by Crippen LogP contribution is -2.48. The van der Waals surface area contributed by atoms with Gasteiger partial charge in [-0.25, -0.2) is 8.42 Å². The largest absolute Gasteiger partial charge is 0.354 e. The first-order valence-electron chi connectivity index (χ1n) is 9.22. The summed E-state index contributed by atoms with van der Waals surface area (Å²) in [5.74, 6) is -0.375. The van der Waals surface area contributed by atoms with Crippen LogP contribution in [0.1, 0.15) is 13.3 Å². The first-order valence-corrected chi connectivity index (χ1v) is 11.8. The maximum absolute atomic E-state index is 12.6. The number of likely N-dealkylation sites (N-methyl/N-ethyl adjacent to an activating group) is 1. The van der Waals surface area contributed by atoms with Gasteiger partial charge in [0, 0.05) is 37.7 Å². The highest BCUT2D eigenvalue weighted by molar-refractivity contribution is 7.92. The maximum Gasteiger partial charge on any atom is 0.243 e. The Bertz CT molecular complexity index is 783. The van der Waals surface area contributed by atoms with Crippen LogP contribution in [0.3, 0.4) is 0 Å². The highest BCUT2D eigenvalue weighted by Crippen LogP contribution is 2.32. The molecule has 0 aromatic heterocycles. The van der Waals surface area contributed by atoms with Crippen molar-refractivity contribution in [2.24, 2.45) is 0 Å². The number of sulfonamides is 1. The van der Waals surface area contributed by atoms with Crippen LogP contribution in [0, 0.1) is 0 Å². The summed E-state index contributed by atoms with van der Waals surface area (Å²) in [6, 6.07) is 3.58. The number of amides is 1. The molecule has 1 amide bonds. The monoisotopic (exact) mass is 450 g/mol. The minimum Gasteiger partial charge on any atom is -0.354 e. The van der Waals surface area contributed by atoms with E-state index in [4.69, 9.17) is 23.2 Å². The van der Waals surface area contributed by atoms with Crippen molar-refractivity contribution in [1.82, 2.24) is 15.1 Å². The van der Waals surface area contributed by atoms with Gasteiger partial charge in [-0.1, -0.05) is 23.2 Å². The molecule has 1 aromatic rings. The molecule has 1 aliphatic rings. The van der Waals surface area contributed by atoms with Gasteiger partial charge in [0.15, 0.2) is 0 Å². The van der Waals surface area contributed by atoms with Crippen molar-refractivity contribution in [3.05, 3.63) is 28.2 Å². The third-order valence-corrected chi connectivity index (χ3v) is 6.56. The number of nitrogens with one attached hydrogen (secondary N) is 1. The van der Waals surface area contributed by atoms with E-state index in [0.717, 1.165) is 49.7 Å². The number of hydrogen-bond acceptors (Lipinski definition) is 5. The Kier molecular flexibility index (Phi) is 8.39. The van der Waals surface area contributed by atoms with Crippen molar-refractivity contribution >= 4 is 44.8 Å². The Morgan fingerprint density at radius 2 is 1.89 bits per heavy atom. The standard InChI is InChI=1S/C18H28Cl2N4O3S/c1-14(18(25)21-7-4-8-23-11-9-22(2)10-12-23)24(28(3,26)27)17-13-15(19)5-6-16(17)20/h5-6,13-14H,4,7-12H2,1-3H3,(H,21,25)/t14-/m1/s1. The fourth-order valence-electron chi connectivity index (χ4n) is 3.17. The predicted molar refractivity (Wildman–Crippen MR) is 115 cm³/mol. The summed E-state index contributed by atoms with van der Waals surface area (Å²) in [5, 5.41) is 3.38. The van der Waals surface area contributed by atoms with Gasteiger partial charge in [0.2, 0.25) is 15.9 Å². The number of benzene rings is 1. The van der Waals surface area contributed by atoms with Gasteiger partial charge in [0.1, 0.15) is 6.04 Å². The lowest BCUT2D eigenvalue weighted by atomic mass is 10.2. The fourth-order valence-corrected chi connectivity index (χ4v) is 4.77. The van der Waals surface area contributed by atoms with Crippen molar-refractivity contribution in [3.8, 4) is 0 Å². The average Bonchev–Trinajstić information content (AvgIpc) is 2.62. The third kappa shape index (κ3) is 6.49. The van der Waals surface area contributed by atoms with Crippen LogP contribution in [0.2, 0.25) is 10.0 Å². The van der Waals surface area contributed by atoms with Crippen LogP contribution in [0.15, 0.2) is 18.2 Å². The molecular formula is C18H28Cl2N4O3S. The van der Waals surface area contributed by atoms with Gasteiger partial charge in [-0.2, -0.15) is 0 Å². The molecule has 158 valence electrons. The minimum absolute atomic E-state index is 0.191. The molecule has 0 radical (unpaired) electrons. The number of rotatable bonds is 8. The van der Waals surface area contributed by atoms with Crippen LogP contribution in [-0.4, -0.2) is 82.7 Å². The maximum atomic E-state index is 12.6. The molecule has 1 aliphatic heterocycles. The van der Waals surface area contributed by atoms with E-state index in [0.29, 0.717) is 11.6 Å². The van der Waals surface area contributed by atoms with Crippen LogP contribution in [0.25, 0.3) is 0 Å². The van der Waals surface area contributed by atoms with Crippen LogP contribution < -0.4 is 9.62 Å². The zero-order valence-electron chi connectivity index (χ0n) is 16.5. The zero-order chi connectivity index (χ0) is 20.9. The van der Waals surface area contributed by atoms with Gasteiger partial charge in [0.25, 0.3) is 0 Å².